The first-order valence-electron chi connectivity index (χ1n) is 10.2. The van der Waals surface area contributed by atoms with E-state index in [0.29, 0.717) is 25.2 Å². The van der Waals surface area contributed by atoms with Gasteiger partial charge in [0.25, 0.3) is 5.91 Å². The van der Waals surface area contributed by atoms with E-state index in [4.69, 9.17) is 10.6 Å². The number of likely N-dealkylation sites (tertiary alicyclic amines) is 1. The van der Waals surface area contributed by atoms with Crippen LogP contribution >= 0.6 is 0 Å². The SMILES string of the molecule is CC1=NOC(CN2CC[C@@H](C#N)[C@H](n3cc(C(N)=O)c(Nc4ccc(F)cc4)n3)C2)C1. The Balaban J connectivity index is 1.54. The number of oxime groups is 1. The molecule has 0 spiro atoms. The number of carbonyl (C=O) groups excluding carboxylic acids is 1. The zero-order valence-electron chi connectivity index (χ0n) is 17.2. The van der Waals surface area contributed by atoms with E-state index in [-0.39, 0.29) is 35.3 Å². The van der Waals surface area contributed by atoms with Gasteiger partial charge in [-0.3, -0.25) is 14.4 Å². The molecule has 0 radical (unpaired) electrons. The second-order valence-electron chi connectivity index (χ2n) is 7.98. The lowest BCUT2D eigenvalue weighted by molar-refractivity contribution is 0.0338. The van der Waals surface area contributed by atoms with Crippen LogP contribution in [0.15, 0.2) is 35.6 Å². The van der Waals surface area contributed by atoms with Crippen LogP contribution in [0.3, 0.4) is 0 Å². The third kappa shape index (κ3) is 4.67. The van der Waals surface area contributed by atoms with E-state index in [9.17, 15) is 14.4 Å². The molecule has 1 saturated heterocycles. The number of primary amides is 1. The molecule has 1 aromatic carbocycles. The molecule has 1 amide bonds. The van der Waals surface area contributed by atoms with Crippen molar-refractivity contribution in [2.45, 2.75) is 31.9 Å². The van der Waals surface area contributed by atoms with Crippen molar-refractivity contribution in [3.63, 3.8) is 0 Å². The first kappa shape index (κ1) is 20.8. The van der Waals surface area contributed by atoms with Gasteiger partial charge in [-0.1, -0.05) is 5.16 Å². The third-order valence-electron chi connectivity index (χ3n) is 5.62. The highest BCUT2D eigenvalue weighted by molar-refractivity contribution is 5.98. The predicted molar refractivity (Wildman–Crippen MR) is 112 cm³/mol. The molecule has 1 aromatic heterocycles. The number of amides is 1. The first-order valence-corrected chi connectivity index (χ1v) is 10.2. The fourth-order valence-electron chi connectivity index (χ4n) is 4.04. The van der Waals surface area contributed by atoms with Gasteiger partial charge in [-0.2, -0.15) is 10.4 Å². The highest BCUT2D eigenvalue weighted by Gasteiger charge is 2.34. The average Bonchev–Trinajstić information content (AvgIpc) is 3.36. The second kappa shape index (κ2) is 8.73. The summed E-state index contributed by atoms with van der Waals surface area (Å²) in [5, 5.41) is 21.2. The molecule has 1 unspecified atom stereocenters. The normalized spacial score (nSPS) is 23.6. The van der Waals surface area contributed by atoms with Crippen molar-refractivity contribution in [2.75, 3.05) is 25.0 Å². The van der Waals surface area contributed by atoms with Crippen LogP contribution in [0.4, 0.5) is 15.9 Å². The standard InChI is InChI=1S/C21H24FN7O2/c1-13-8-17(31-27-13)10-28-7-6-14(9-23)19(12-28)29-11-18(20(24)30)21(26-29)25-16-4-2-15(22)3-5-16/h2-5,11,14,17,19H,6-8,10,12H2,1H3,(H2,24,30)(H,25,26)/t14-,17?,19+/m0/s1. The Bertz CT molecular complexity index is 1030. The average molecular weight is 425 g/mol. The van der Waals surface area contributed by atoms with Gasteiger partial charge in [0.15, 0.2) is 5.82 Å². The summed E-state index contributed by atoms with van der Waals surface area (Å²) in [4.78, 5) is 19.7. The summed E-state index contributed by atoms with van der Waals surface area (Å²) in [5.74, 6) is -0.977. The number of hydrogen-bond acceptors (Lipinski definition) is 7. The summed E-state index contributed by atoms with van der Waals surface area (Å²) in [7, 11) is 0. The second-order valence-corrected chi connectivity index (χ2v) is 7.98. The molecule has 162 valence electrons. The van der Waals surface area contributed by atoms with E-state index in [1.807, 2.05) is 6.92 Å². The molecular weight excluding hydrogens is 401 g/mol. The molecule has 10 heteroatoms. The Hall–Kier alpha value is -3.45. The van der Waals surface area contributed by atoms with E-state index in [0.717, 1.165) is 18.7 Å². The van der Waals surface area contributed by atoms with Crippen LogP contribution in [0.1, 0.15) is 36.2 Å². The van der Waals surface area contributed by atoms with Gasteiger partial charge < -0.3 is 15.9 Å². The number of rotatable bonds is 6. The molecule has 2 aromatic rings. The number of carbonyl (C=O) groups is 1. The number of nitrogens with one attached hydrogen (secondary N) is 1. The number of nitrogens with zero attached hydrogens (tertiary/aromatic N) is 5. The van der Waals surface area contributed by atoms with Crippen LogP contribution < -0.4 is 11.1 Å². The molecule has 0 bridgehead atoms. The highest BCUT2D eigenvalue weighted by Crippen LogP contribution is 2.30. The molecule has 31 heavy (non-hydrogen) atoms. The molecular formula is C21H24FN7O2. The smallest absolute Gasteiger partial charge is 0.254 e. The molecule has 9 nitrogen and oxygen atoms in total. The molecule has 0 aliphatic carbocycles. The summed E-state index contributed by atoms with van der Waals surface area (Å²) < 4.78 is 14.8. The minimum Gasteiger partial charge on any atom is -0.391 e. The van der Waals surface area contributed by atoms with E-state index >= 15 is 0 Å². The maximum Gasteiger partial charge on any atom is 0.254 e. The van der Waals surface area contributed by atoms with Crippen LogP contribution in [-0.2, 0) is 4.84 Å². The monoisotopic (exact) mass is 425 g/mol. The third-order valence-corrected chi connectivity index (χ3v) is 5.62. The Morgan fingerprint density at radius 3 is 2.84 bits per heavy atom. The number of nitrogens with two attached hydrogens (primary N) is 1. The minimum absolute atomic E-state index is 0.00814. The van der Waals surface area contributed by atoms with Crippen LogP contribution in [0.2, 0.25) is 0 Å². The van der Waals surface area contributed by atoms with Crippen LogP contribution in [0.25, 0.3) is 0 Å². The lowest BCUT2D eigenvalue weighted by atomic mass is 9.92. The van der Waals surface area contributed by atoms with Crippen molar-refractivity contribution in [1.29, 1.82) is 5.26 Å². The van der Waals surface area contributed by atoms with Gasteiger partial charge in [0, 0.05) is 31.4 Å². The zero-order valence-corrected chi connectivity index (χ0v) is 17.2. The first-order chi connectivity index (χ1) is 14.9. The molecule has 2 aliphatic heterocycles. The van der Waals surface area contributed by atoms with Crippen LogP contribution in [-0.4, -0.2) is 52.0 Å². The quantitative estimate of drug-likeness (QED) is 0.733. The number of hydrogen-bond donors (Lipinski definition) is 2. The maximum absolute atomic E-state index is 13.2. The largest absolute Gasteiger partial charge is 0.391 e. The molecule has 3 N–H and O–H groups in total. The topological polar surface area (TPSA) is 122 Å². The van der Waals surface area contributed by atoms with Crippen molar-refractivity contribution in [1.82, 2.24) is 14.7 Å². The lowest BCUT2D eigenvalue weighted by Crippen LogP contribution is -2.44. The van der Waals surface area contributed by atoms with Crippen molar-refractivity contribution >= 4 is 23.1 Å². The van der Waals surface area contributed by atoms with Crippen LogP contribution in [0.5, 0.6) is 0 Å². The summed E-state index contributed by atoms with van der Waals surface area (Å²) in [6.07, 6.45) is 3.06. The van der Waals surface area contributed by atoms with E-state index in [2.05, 4.69) is 26.5 Å². The van der Waals surface area contributed by atoms with E-state index in [1.54, 1.807) is 23.0 Å². The van der Waals surface area contributed by atoms with E-state index < -0.39 is 5.91 Å². The Morgan fingerprint density at radius 1 is 1.42 bits per heavy atom. The van der Waals surface area contributed by atoms with Gasteiger partial charge in [0.1, 0.15) is 17.5 Å². The van der Waals surface area contributed by atoms with Crippen molar-refractivity contribution in [2.24, 2.45) is 16.8 Å². The van der Waals surface area contributed by atoms with Gasteiger partial charge >= 0.3 is 0 Å². The molecule has 1 fully saturated rings. The summed E-state index contributed by atoms with van der Waals surface area (Å²) in [6, 6.07) is 7.84. The van der Waals surface area contributed by atoms with Gasteiger partial charge in [0.05, 0.1) is 23.7 Å². The van der Waals surface area contributed by atoms with Crippen LogP contribution in [0, 0.1) is 23.1 Å². The fourth-order valence-corrected chi connectivity index (χ4v) is 4.04. The number of anilines is 2. The van der Waals surface area contributed by atoms with Crippen molar-refractivity contribution in [3.05, 3.63) is 41.8 Å². The Kier molecular flexibility index (Phi) is 5.86. The number of nitriles is 1. The highest BCUT2D eigenvalue weighted by atomic mass is 19.1. The zero-order chi connectivity index (χ0) is 22.0. The maximum atomic E-state index is 13.2. The molecule has 3 heterocycles. The Labute approximate surface area is 179 Å². The van der Waals surface area contributed by atoms with Crippen molar-refractivity contribution in [3.8, 4) is 6.07 Å². The molecule has 4 rings (SSSR count). The Morgan fingerprint density at radius 2 is 2.19 bits per heavy atom. The lowest BCUT2D eigenvalue weighted by Gasteiger charge is -2.36. The van der Waals surface area contributed by atoms with Gasteiger partial charge in [0.2, 0.25) is 0 Å². The number of benzene rings is 1. The predicted octanol–water partition coefficient (Wildman–Crippen LogP) is 2.42. The minimum atomic E-state index is -0.635. The van der Waals surface area contributed by atoms with Gasteiger partial charge in [-0.15, -0.1) is 0 Å². The molecule has 2 aliphatic rings. The van der Waals surface area contributed by atoms with E-state index in [1.165, 1.54) is 12.1 Å². The summed E-state index contributed by atoms with van der Waals surface area (Å²) in [6.45, 7) is 4.01. The number of piperidine rings is 1. The fraction of sp³-hybridized carbons (Fsp3) is 0.429. The molecule has 0 saturated carbocycles. The molecule has 3 atom stereocenters. The van der Waals surface area contributed by atoms with Gasteiger partial charge in [-0.25, -0.2) is 4.39 Å². The summed E-state index contributed by atoms with van der Waals surface area (Å²) in [5.41, 5.74) is 7.31. The summed E-state index contributed by atoms with van der Waals surface area (Å²) >= 11 is 0. The van der Waals surface area contributed by atoms with Crippen molar-refractivity contribution < 1.29 is 14.0 Å². The number of aromatic nitrogens is 2. The number of halogens is 1. The van der Waals surface area contributed by atoms with Gasteiger partial charge in [-0.05, 0) is 44.2 Å².